The number of benzene rings is 2. The average Bonchev–Trinajstić information content (AvgIpc) is 3.05. The number of hydrogen-bond acceptors (Lipinski definition) is 2. The normalized spacial score (nSPS) is 11.0. The standard InChI is InChI=1S/C26H29N3O2/c1-18-6-13-24(14-7-18)29-19(2)16-23(20(29)3)12-15-25(30)28(5)17-21-8-10-22(11-9-21)26(31)27-4/h6-16H,17H2,1-5H3,(H,27,31)/b15-12+. The summed E-state index contributed by atoms with van der Waals surface area (Å²) < 4.78 is 2.20. The largest absolute Gasteiger partial charge is 0.355 e. The fourth-order valence-electron chi connectivity index (χ4n) is 3.59. The van der Waals surface area contributed by atoms with E-state index in [9.17, 15) is 9.59 Å². The third kappa shape index (κ3) is 5.12. The summed E-state index contributed by atoms with van der Waals surface area (Å²) in [5.41, 5.74) is 7.15. The first kappa shape index (κ1) is 22.1. The third-order valence-corrected chi connectivity index (χ3v) is 5.41. The minimum absolute atomic E-state index is 0.0736. The molecule has 0 aliphatic carbocycles. The quantitative estimate of drug-likeness (QED) is 0.606. The summed E-state index contributed by atoms with van der Waals surface area (Å²) >= 11 is 0. The lowest BCUT2D eigenvalue weighted by molar-refractivity contribution is -0.125. The molecule has 2 aromatic carbocycles. The van der Waals surface area contributed by atoms with E-state index in [2.05, 4.69) is 61.0 Å². The zero-order valence-electron chi connectivity index (χ0n) is 18.8. The molecule has 0 saturated heterocycles. The molecule has 5 heteroatoms. The van der Waals surface area contributed by atoms with Crippen LogP contribution in [-0.4, -0.2) is 35.4 Å². The van der Waals surface area contributed by atoms with Crippen molar-refractivity contribution in [2.45, 2.75) is 27.3 Å². The minimum Gasteiger partial charge on any atom is -0.355 e. The van der Waals surface area contributed by atoms with Gasteiger partial charge in [-0.2, -0.15) is 0 Å². The molecule has 0 atom stereocenters. The van der Waals surface area contributed by atoms with E-state index in [4.69, 9.17) is 0 Å². The second kappa shape index (κ2) is 9.47. The molecule has 0 saturated carbocycles. The van der Waals surface area contributed by atoms with Gasteiger partial charge in [0, 0.05) is 49.4 Å². The van der Waals surface area contributed by atoms with Crippen molar-refractivity contribution in [3.05, 3.63) is 94.3 Å². The van der Waals surface area contributed by atoms with Crippen molar-refractivity contribution in [2.75, 3.05) is 14.1 Å². The Morgan fingerprint density at radius 3 is 2.26 bits per heavy atom. The van der Waals surface area contributed by atoms with E-state index in [-0.39, 0.29) is 11.8 Å². The van der Waals surface area contributed by atoms with Crippen LogP contribution in [0, 0.1) is 20.8 Å². The van der Waals surface area contributed by atoms with Crippen molar-refractivity contribution in [1.29, 1.82) is 0 Å². The van der Waals surface area contributed by atoms with Gasteiger partial charge in [-0.25, -0.2) is 0 Å². The molecular weight excluding hydrogens is 386 g/mol. The number of nitrogens with one attached hydrogen (secondary N) is 1. The molecule has 0 radical (unpaired) electrons. The highest BCUT2D eigenvalue weighted by Crippen LogP contribution is 2.22. The summed E-state index contributed by atoms with van der Waals surface area (Å²) in [6.45, 7) is 6.68. The van der Waals surface area contributed by atoms with Crippen LogP contribution in [0.15, 0.2) is 60.7 Å². The number of likely N-dealkylation sites (N-methyl/N-ethyl adjacent to an activating group) is 1. The Morgan fingerprint density at radius 1 is 1.00 bits per heavy atom. The first-order valence-electron chi connectivity index (χ1n) is 10.3. The number of carbonyl (C=O) groups excluding carboxylic acids is 2. The molecular formula is C26H29N3O2. The van der Waals surface area contributed by atoms with Gasteiger partial charge in [0.2, 0.25) is 5.91 Å². The zero-order valence-corrected chi connectivity index (χ0v) is 18.8. The predicted octanol–water partition coefficient (Wildman–Crippen LogP) is 4.43. The smallest absolute Gasteiger partial charge is 0.251 e. The lowest BCUT2D eigenvalue weighted by Crippen LogP contribution is -2.24. The predicted molar refractivity (Wildman–Crippen MR) is 125 cm³/mol. The molecule has 0 spiro atoms. The van der Waals surface area contributed by atoms with Gasteiger partial charge in [0.15, 0.2) is 0 Å². The van der Waals surface area contributed by atoms with Crippen LogP contribution in [-0.2, 0) is 11.3 Å². The van der Waals surface area contributed by atoms with Gasteiger partial charge in [0.05, 0.1) is 0 Å². The van der Waals surface area contributed by atoms with Gasteiger partial charge < -0.3 is 14.8 Å². The van der Waals surface area contributed by atoms with Crippen molar-refractivity contribution in [2.24, 2.45) is 0 Å². The molecule has 0 aliphatic heterocycles. The summed E-state index contributed by atoms with van der Waals surface area (Å²) in [5, 5.41) is 2.60. The molecule has 0 fully saturated rings. The van der Waals surface area contributed by atoms with Crippen LogP contribution in [0.2, 0.25) is 0 Å². The Labute approximate surface area is 184 Å². The van der Waals surface area contributed by atoms with Crippen molar-refractivity contribution in [3.8, 4) is 5.69 Å². The molecule has 1 N–H and O–H groups in total. The van der Waals surface area contributed by atoms with Crippen molar-refractivity contribution in [3.63, 3.8) is 0 Å². The number of carbonyl (C=O) groups is 2. The van der Waals surface area contributed by atoms with Gasteiger partial charge in [-0.05, 0) is 68.3 Å². The number of aryl methyl sites for hydroxylation is 2. The molecule has 160 valence electrons. The molecule has 0 bridgehead atoms. The highest BCUT2D eigenvalue weighted by molar-refractivity contribution is 5.94. The monoisotopic (exact) mass is 415 g/mol. The second-order valence-corrected chi connectivity index (χ2v) is 7.80. The Balaban J connectivity index is 1.70. The van der Waals surface area contributed by atoms with Crippen LogP contribution in [0.5, 0.6) is 0 Å². The molecule has 3 aromatic rings. The van der Waals surface area contributed by atoms with Gasteiger partial charge in [-0.1, -0.05) is 29.8 Å². The van der Waals surface area contributed by atoms with Gasteiger partial charge in [0.1, 0.15) is 0 Å². The van der Waals surface area contributed by atoms with Crippen molar-refractivity contribution < 1.29 is 9.59 Å². The summed E-state index contributed by atoms with van der Waals surface area (Å²) in [4.78, 5) is 25.9. The molecule has 2 amide bonds. The number of nitrogens with zero attached hydrogens (tertiary/aromatic N) is 2. The molecule has 0 aliphatic rings. The van der Waals surface area contributed by atoms with Crippen LogP contribution in [0.3, 0.4) is 0 Å². The van der Waals surface area contributed by atoms with Crippen LogP contribution in [0.1, 0.15) is 38.4 Å². The van der Waals surface area contributed by atoms with E-state index in [1.807, 2.05) is 18.2 Å². The Bertz CT molecular complexity index is 1110. The lowest BCUT2D eigenvalue weighted by Gasteiger charge is -2.15. The summed E-state index contributed by atoms with van der Waals surface area (Å²) in [5.74, 6) is -0.197. The highest BCUT2D eigenvalue weighted by atomic mass is 16.2. The van der Waals surface area contributed by atoms with Gasteiger partial charge in [0.25, 0.3) is 5.91 Å². The third-order valence-electron chi connectivity index (χ3n) is 5.41. The maximum absolute atomic E-state index is 12.6. The highest BCUT2D eigenvalue weighted by Gasteiger charge is 2.11. The molecule has 3 rings (SSSR count). The number of aromatic nitrogens is 1. The van der Waals surface area contributed by atoms with Crippen LogP contribution >= 0.6 is 0 Å². The summed E-state index contributed by atoms with van der Waals surface area (Å²) in [6.07, 6.45) is 3.49. The van der Waals surface area contributed by atoms with Crippen LogP contribution in [0.4, 0.5) is 0 Å². The number of hydrogen-bond donors (Lipinski definition) is 1. The number of rotatable bonds is 6. The van der Waals surface area contributed by atoms with E-state index in [0.717, 1.165) is 28.2 Å². The second-order valence-electron chi connectivity index (χ2n) is 7.80. The molecule has 31 heavy (non-hydrogen) atoms. The zero-order chi connectivity index (χ0) is 22.5. The Hall–Kier alpha value is -3.60. The molecule has 1 aromatic heterocycles. The Kier molecular flexibility index (Phi) is 6.75. The first-order chi connectivity index (χ1) is 14.8. The fraction of sp³-hybridized carbons (Fsp3) is 0.231. The van der Waals surface area contributed by atoms with E-state index in [1.165, 1.54) is 5.56 Å². The van der Waals surface area contributed by atoms with E-state index in [1.54, 1.807) is 37.2 Å². The lowest BCUT2D eigenvalue weighted by atomic mass is 10.1. The van der Waals surface area contributed by atoms with Crippen molar-refractivity contribution in [1.82, 2.24) is 14.8 Å². The Morgan fingerprint density at radius 2 is 1.65 bits per heavy atom. The maximum Gasteiger partial charge on any atom is 0.251 e. The number of amides is 2. The van der Waals surface area contributed by atoms with Gasteiger partial charge in [-0.3, -0.25) is 9.59 Å². The van der Waals surface area contributed by atoms with Gasteiger partial charge in [-0.15, -0.1) is 0 Å². The van der Waals surface area contributed by atoms with Gasteiger partial charge >= 0.3 is 0 Å². The van der Waals surface area contributed by atoms with E-state index in [0.29, 0.717) is 12.1 Å². The molecule has 1 heterocycles. The maximum atomic E-state index is 12.6. The van der Waals surface area contributed by atoms with Crippen LogP contribution in [0.25, 0.3) is 11.8 Å². The molecule has 5 nitrogen and oxygen atoms in total. The van der Waals surface area contributed by atoms with E-state index >= 15 is 0 Å². The van der Waals surface area contributed by atoms with Crippen molar-refractivity contribution >= 4 is 17.9 Å². The summed E-state index contributed by atoms with van der Waals surface area (Å²) in [6, 6.07) is 17.8. The SMILES string of the molecule is CNC(=O)c1ccc(CN(C)C(=O)/C=C/c2cc(C)n(-c3ccc(C)cc3)c2C)cc1. The summed E-state index contributed by atoms with van der Waals surface area (Å²) in [7, 11) is 3.38. The average molecular weight is 416 g/mol. The minimum atomic E-state index is -0.123. The fourth-order valence-corrected chi connectivity index (χ4v) is 3.59. The topological polar surface area (TPSA) is 54.3 Å². The van der Waals surface area contributed by atoms with Crippen LogP contribution < -0.4 is 5.32 Å². The molecule has 0 unspecified atom stereocenters. The van der Waals surface area contributed by atoms with E-state index < -0.39 is 0 Å². The first-order valence-corrected chi connectivity index (χ1v) is 10.3.